The molecule has 0 aromatic carbocycles. The number of amides is 1. The monoisotopic (exact) mass is 252 g/mol. The number of hydrogen-bond donors (Lipinski definition) is 1. The third kappa shape index (κ3) is 3.87. The van der Waals surface area contributed by atoms with Gasteiger partial charge in [0.05, 0.1) is 5.92 Å². The first kappa shape index (κ1) is 14.3. The number of carbonyl (C=O) groups is 1. The lowest BCUT2D eigenvalue weighted by molar-refractivity contribution is -0.181. The minimum atomic E-state index is -4.26. The second-order valence-electron chi connectivity index (χ2n) is 4.52. The summed E-state index contributed by atoms with van der Waals surface area (Å²) in [5.41, 5.74) is 5.54. The van der Waals surface area contributed by atoms with Crippen molar-refractivity contribution in [1.82, 2.24) is 4.90 Å². The van der Waals surface area contributed by atoms with E-state index in [4.69, 9.17) is 5.73 Å². The number of rotatable bonds is 2. The zero-order valence-corrected chi connectivity index (χ0v) is 9.96. The fraction of sp³-hybridized carbons (Fsp3) is 0.909. The normalized spacial score (nSPS) is 26.8. The van der Waals surface area contributed by atoms with Gasteiger partial charge in [-0.2, -0.15) is 13.2 Å². The van der Waals surface area contributed by atoms with Crippen molar-refractivity contribution in [3.63, 3.8) is 0 Å². The van der Waals surface area contributed by atoms with E-state index in [9.17, 15) is 18.0 Å². The number of hydrogen-bond acceptors (Lipinski definition) is 2. The Kier molecular flexibility index (Phi) is 4.80. The average Bonchev–Trinajstić information content (AvgIpc) is 2.39. The van der Waals surface area contributed by atoms with Gasteiger partial charge in [-0.25, -0.2) is 0 Å². The van der Waals surface area contributed by atoms with Gasteiger partial charge in [-0.3, -0.25) is 4.79 Å². The minimum absolute atomic E-state index is 0.0671. The predicted octanol–water partition coefficient (Wildman–Crippen LogP) is 1.91. The molecule has 0 saturated carbocycles. The average molecular weight is 252 g/mol. The van der Waals surface area contributed by atoms with Crippen LogP contribution in [0.2, 0.25) is 0 Å². The molecule has 1 aliphatic heterocycles. The van der Waals surface area contributed by atoms with Crippen LogP contribution < -0.4 is 5.73 Å². The maximum atomic E-state index is 12.7. The Morgan fingerprint density at radius 1 is 1.35 bits per heavy atom. The fourth-order valence-corrected chi connectivity index (χ4v) is 2.15. The van der Waals surface area contributed by atoms with Gasteiger partial charge in [0, 0.05) is 25.6 Å². The zero-order valence-electron chi connectivity index (χ0n) is 9.96. The molecule has 100 valence electrons. The third-order valence-corrected chi connectivity index (χ3v) is 3.20. The van der Waals surface area contributed by atoms with Crippen LogP contribution in [0, 0.1) is 5.92 Å². The number of nitrogens with zero attached hydrogens (tertiary/aromatic N) is 1. The molecule has 2 unspecified atom stereocenters. The van der Waals surface area contributed by atoms with Crippen molar-refractivity contribution in [2.75, 3.05) is 13.1 Å². The lowest BCUT2D eigenvalue weighted by Crippen LogP contribution is -2.39. The van der Waals surface area contributed by atoms with Crippen LogP contribution in [0.1, 0.15) is 32.6 Å². The highest BCUT2D eigenvalue weighted by Crippen LogP contribution is 2.33. The van der Waals surface area contributed by atoms with Crippen molar-refractivity contribution >= 4 is 5.91 Å². The van der Waals surface area contributed by atoms with E-state index >= 15 is 0 Å². The molecule has 0 bridgehead atoms. The van der Waals surface area contributed by atoms with E-state index in [0.717, 1.165) is 0 Å². The molecule has 2 atom stereocenters. The molecule has 1 heterocycles. The van der Waals surface area contributed by atoms with Crippen LogP contribution in [0.4, 0.5) is 13.2 Å². The smallest absolute Gasteiger partial charge is 0.343 e. The molecular weight excluding hydrogens is 233 g/mol. The van der Waals surface area contributed by atoms with Crippen LogP contribution in [-0.4, -0.2) is 36.1 Å². The molecule has 0 aliphatic carbocycles. The number of nitrogens with two attached hydrogens (primary N) is 1. The SMILES string of the molecule is CCCC(=O)N1CCC(N)C(C(F)(F)F)CC1. The molecule has 1 rings (SSSR count). The summed E-state index contributed by atoms with van der Waals surface area (Å²) in [6, 6.07) is -0.894. The third-order valence-electron chi connectivity index (χ3n) is 3.20. The Morgan fingerprint density at radius 3 is 2.47 bits per heavy atom. The van der Waals surface area contributed by atoms with Gasteiger partial charge < -0.3 is 10.6 Å². The van der Waals surface area contributed by atoms with Gasteiger partial charge in [-0.15, -0.1) is 0 Å². The summed E-state index contributed by atoms with van der Waals surface area (Å²) in [6.07, 6.45) is -3.01. The summed E-state index contributed by atoms with van der Waals surface area (Å²) in [5.74, 6) is -1.55. The van der Waals surface area contributed by atoms with Crippen LogP contribution in [-0.2, 0) is 4.79 Å². The molecule has 0 aromatic heterocycles. The maximum Gasteiger partial charge on any atom is 0.393 e. The Labute approximate surface area is 99.1 Å². The number of halogens is 3. The first-order chi connectivity index (χ1) is 7.86. The molecule has 1 aliphatic rings. The van der Waals surface area contributed by atoms with Crippen molar-refractivity contribution in [3.05, 3.63) is 0 Å². The number of alkyl halides is 3. The van der Waals surface area contributed by atoms with Gasteiger partial charge in [0.1, 0.15) is 0 Å². The van der Waals surface area contributed by atoms with Crippen LogP contribution in [0.15, 0.2) is 0 Å². The topological polar surface area (TPSA) is 46.3 Å². The fourth-order valence-electron chi connectivity index (χ4n) is 2.15. The van der Waals surface area contributed by atoms with E-state index in [1.54, 1.807) is 0 Å². The number of carbonyl (C=O) groups excluding carboxylic acids is 1. The summed E-state index contributed by atoms with van der Waals surface area (Å²) in [4.78, 5) is 13.1. The van der Waals surface area contributed by atoms with E-state index in [-0.39, 0.29) is 25.3 Å². The van der Waals surface area contributed by atoms with Gasteiger partial charge >= 0.3 is 6.18 Å². The van der Waals surface area contributed by atoms with Gasteiger partial charge in [0.25, 0.3) is 0 Å². The summed E-state index contributed by atoms with van der Waals surface area (Å²) in [5, 5.41) is 0. The first-order valence-electron chi connectivity index (χ1n) is 5.96. The summed E-state index contributed by atoms with van der Waals surface area (Å²) < 4.78 is 38.0. The van der Waals surface area contributed by atoms with Gasteiger partial charge in [0.15, 0.2) is 0 Å². The molecular formula is C11H19F3N2O. The first-order valence-corrected chi connectivity index (χ1v) is 5.96. The molecule has 1 saturated heterocycles. The van der Waals surface area contributed by atoms with E-state index in [2.05, 4.69) is 0 Å². The van der Waals surface area contributed by atoms with Crippen LogP contribution in [0.25, 0.3) is 0 Å². The molecule has 1 fully saturated rings. The molecule has 17 heavy (non-hydrogen) atoms. The van der Waals surface area contributed by atoms with Crippen molar-refractivity contribution in [2.45, 2.75) is 44.8 Å². The molecule has 3 nitrogen and oxygen atoms in total. The van der Waals surface area contributed by atoms with E-state index in [0.29, 0.717) is 19.4 Å². The maximum absolute atomic E-state index is 12.7. The molecule has 0 aromatic rings. The van der Waals surface area contributed by atoms with Gasteiger partial charge in [-0.05, 0) is 19.3 Å². The molecule has 1 amide bonds. The van der Waals surface area contributed by atoms with Crippen LogP contribution >= 0.6 is 0 Å². The highest BCUT2D eigenvalue weighted by atomic mass is 19.4. The van der Waals surface area contributed by atoms with Crippen molar-refractivity contribution in [3.8, 4) is 0 Å². The standard InChI is InChI=1S/C11H19F3N2O/c1-2-3-10(17)16-6-4-8(11(12,13)14)9(15)5-7-16/h8-9H,2-7,15H2,1H3. The highest BCUT2D eigenvalue weighted by molar-refractivity contribution is 5.76. The quantitative estimate of drug-likeness (QED) is 0.816. The second kappa shape index (κ2) is 5.71. The minimum Gasteiger partial charge on any atom is -0.343 e. The van der Waals surface area contributed by atoms with Crippen LogP contribution in [0.5, 0.6) is 0 Å². The Balaban J connectivity index is 2.62. The van der Waals surface area contributed by atoms with E-state index < -0.39 is 18.1 Å². The summed E-state index contributed by atoms with van der Waals surface area (Å²) >= 11 is 0. The largest absolute Gasteiger partial charge is 0.393 e. The lowest BCUT2D eigenvalue weighted by atomic mass is 9.95. The molecule has 0 spiro atoms. The van der Waals surface area contributed by atoms with Crippen molar-refractivity contribution in [1.29, 1.82) is 0 Å². The molecule has 0 radical (unpaired) electrons. The molecule has 6 heteroatoms. The Hall–Kier alpha value is -0.780. The predicted molar refractivity (Wildman–Crippen MR) is 58.2 cm³/mol. The van der Waals surface area contributed by atoms with E-state index in [1.807, 2.05) is 6.92 Å². The second-order valence-corrected chi connectivity index (χ2v) is 4.52. The van der Waals surface area contributed by atoms with E-state index in [1.165, 1.54) is 4.90 Å². The molecule has 2 N–H and O–H groups in total. The Bertz CT molecular complexity index is 268. The number of likely N-dealkylation sites (tertiary alicyclic amines) is 1. The Morgan fingerprint density at radius 2 is 1.94 bits per heavy atom. The van der Waals surface area contributed by atoms with Gasteiger partial charge in [-0.1, -0.05) is 6.92 Å². The zero-order chi connectivity index (χ0) is 13.1. The van der Waals surface area contributed by atoms with Crippen molar-refractivity contribution in [2.24, 2.45) is 11.7 Å². The van der Waals surface area contributed by atoms with Crippen LogP contribution in [0.3, 0.4) is 0 Å². The highest BCUT2D eigenvalue weighted by Gasteiger charge is 2.44. The summed E-state index contributed by atoms with van der Waals surface area (Å²) in [7, 11) is 0. The lowest BCUT2D eigenvalue weighted by Gasteiger charge is -2.23. The summed E-state index contributed by atoms with van der Waals surface area (Å²) in [6.45, 7) is 2.38. The van der Waals surface area contributed by atoms with Crippen molar-refractivity contribution < 1.29 is 18.0 Å². The van der Waals surface area contributed by atoms with Gasteiger partial charge in [0.2, 0.25) is 5.91 Å².